The molecule has 2 aromatic rings. The number of carbonyl (C=O) groups is 1. The van der Waals surface area contributed by atoms with E-state index in [9.17, 15) is 4.79 Å². The minimum atomic E-state index is -0.353. The van der Waals surface area contributed by atoms with Crippen molar-refractivity contribution in [2.24, 2.45) is 0 Å². The topological polar surface area (TPSA) is 63.2 Å². The van der Waals surface area contributed by atoms with Gasteiger partial charge in [0.05, 0.1) is 12.7 Å². The molecule has 5 nitrogen and oxygen atoms in total. The third-order valence-corrected chi connectivity index (χ3v) is 4.18. The number of halogens is 2. The lowest BCUT2D eigenvalue weighted by Crippen LogP contribution is -2.34. The van der Waals surface area contributed by atoms with Gasteiger partial charge < -0.3 is 10.1 Å². The molecule has 0 saturated heterocycles. The van der Waals surface area contributed by atoms with Crippen molar-refractivity contribution in [3.05, 3.63) is 49.6 Å². The smallest absolute Gasteiger partial charge is 0.261 e. The Kier molecular flexibility index (Phi) is 6.31. The fraction of sp³-hybridized carbons (Fsp3) is 0.133. The summed E-state index contributed by atoms with van der Waals surface area (Å²) in [6, 6.07) is 7.24. The quantitative estimate of drug-likeness (QED) is 0.489. The number of pyridine rings is 1. The van der Waals surface area contributed by atoms with E-state index in [1.807, 2.05) is 19.1 Å². The van der Waals surface area contributed by atoms with Crippen molar-refractivity contribution in [3.63, 3.8) is 0 Å². The number of amides is 1. The first-order valence-electron chi connectivity index (χ1n) is 6.48. The summed E-state index contributed by atoms with van der Waals surface area (Å²) >= 11 is 10.7. The number of methoxy groups -OCH3 is 1. The van der Waals surface area contributed by atoms with Crippen LogP contribution in [0.3, 0.4) is 0 Å². The van der Waals surface area contributed by atoms with Crippen LogP contribution in [0, 0.1) is 10.5 Å². The lowest BCUT2D eigenvalue weighted by atomic mass is 10.1. The van der Waals surface area contributed by atoms with E-state index in [2.05, 4.69) is 54.1 Å². The first kappa shape index (κ1) is 18.1. The van der Waals surface area contributed by atoms with Crippen molar-refractivity contribution in [3.8, 4) is 5.75 Å². The summed E-state index contributed by atoms with van der Waals surface area (Å²) in [5.74, 6) is 0.725. The number of aromatic nitrogens is 1. The van der Waals surface area contributed by atoms with Crippen molar-refractivity contribution in [2.45, 2.75) is 6.92 Å². The third kappa shape index (κ3) is 4.85. The zero-order chi connectivity index (χ0) is 17.0. The standard InChI is InChI=1S/C15H13BrIN3O2S/c1-8-5-9(16)6-11(13(8)22-2)14(21)20-15(23)19-12-4-3-10(17)7-18-12/h3-7H,1-2H3,(H2,18,19,20,21,23). The summed E-state index contributed by atoms with van der Waals surface area (Å²) in [5, 5.41) is 5.67. The second-order valence-corrected chi connectivity index (χ2v) is 7.14. The zero-order valence-electron chi connectivity index (χ0n) is 12.3. The van der Waals surface area contributed by atoms with E-state index in [0.717, 1.165) is 13.6 Å². The lowest BCUT2D eigenvalue weighted by Gasteiger charge is -2.13. The minimum Gasteiger partial charge on any atom is -0.496 e. The summed E-state index contributed by atoms with van der Waals surface area (Å²) in [6.45, 7) is 1.87. The summed E-state index contributed by atoms with van der Waals surface area (Å²) in [7, 11) is 1.53. The van der Waals surface area contributed by atoms with Crippen LogP contribution in [0.1, 0.15) is 15.9 Å². The molecule has 1 aromatic heterocycles. The maximum atomic E-state index is 12.4. The second kappa shape index (κ2) is 8.02. The molecular weight excluding hydrogens is 493 g/mol. The molecular formula is C15H13BrIN3O2S. The van der Waals surface area contributed by atoms with Crippen LogP contribution < -0.4 is 15.4 Å². The van der Waals surface area contributed by atoms with Gasteiger partial charge in [-0.05, 0) is 71.6 Å². The number of anilines is 1. The Hall–Kier alpha value is -1.26. The van der Waals surface area contributed by atoms with Gasteiger partial charge >= 0.3 is 0 Å². The normalized spacial score (nSPS) is 10.1. The number of nitrogens with zero attached hydrogens (tertiary/aromatic N) is 1. The number of benzene rings is 1. The highest BCUT2D eigenvalue weighted by Gasteiger charge is 2.16. The Bertz CT molecular complexity index is 753. The Morgan fingerprint density at radius 2 is 2.13 bits per heavy atom. The molecule has 0 radical (unpaired) electrons. The molecule has 0 saturated carbocycles. The number of hydrogen-bond donors (Lipinski definition) is 2. The highest BCUT2D eigenvalue weighted by atomic mass is 127. The minimum absolute atomic E-state index is 0.170. The molecule has 0 aliphatic rings. The molecule has 0 spiro atoms. The van der Waals surface area contributed by atoms with Gasteiger partial charge in [-0.2, -0.15) is 0 Å². The van der Waals surface area contributed by atoms with Crippen LogP contribution in [0.5, 0.6) is 5.75 Å². The van der Waals surface area contributed by atoms with Gasteiger partial charge in [0.2, 0.25) is 0 Å². The molecule has 1 amide bonds. The van der Waals surface area contributed by atoms with E-state index < -0.39 is 0 Å². The number of carbonyl (C=O) groups excluding carboxylic acids is 1. The number of rotatable bonds is 3. The largest absolute Gasteiger partial charge is 0.496 e. The van der Waals surface area contributed by atoms with Crippen LogP contribution in [0.25, 0.3) is 0 Å². The molecule has 120 valence electrons. The molecule has 2 rings (SSSR count). The average Bonchev–Trinajstić information content (AvgIpc) is 2.48. The van der Waals surface area contributed by atoms with Gasteiger partial charge in [0.25, 0.3) is 5.91 Å². The van der Waals surface area contributed by atoms with Crippen molar-refractivity contribution in [1.29, 1.82) is 0 Å². The Morgan fingerprint density at radius 1 is 1.39 bits per heavy atom. The summed E-state index contributed by atoms with van der Waals surface area (Å²) < 4.78 is 7.11. The highest BCUT2D eigenvalue weighted by molar-refractivity contribution is 14.1. The molecule has 0 aliphatic heterocycles. The van der Waals surface area contributed by atoms with Gasteiger partial charge in [-0.15, -0.1) is 0 Å². The van der Waals surface area contributed by atoms with Crippen molar-refractivity contribution >= 4 is 67.6 Å². The molecule has 23 heavy (non-hydrogen) atoms. The number of nitrogens with one attached hydrogen (secondary N) is 2. The maximum Gasteiger partial charge on any atom is 0.261 e. The first-order valence-corrected chi connectivity index (χ1v) is 8.76. The first-order chi connectivity index (χ1) is 10.9. The molecule has 8 heteroatoms. The van der Waals surface area contributed by atoms with E-state index in [4.69, 9.17) is 17.0 Å². The second-order valence-electron chi connectivity index (χ2n) is 4.57. The summed E-state index contributed by atoms with van der Waals surface area (Å²) in [6.07, 6.45) is 1.70. The number of thiocarbonyl (C=S) groups is 1. The molecule has 0 fully saturated rings. The molecule has 0 unspecified atom stereocenters. The molecule has 0 aliphatic carbocycles. The Labute approximate surface area is 161 Å². The molecule has 1 heterocycles. The molecule has 2 N–H and O–H groups in total. The van der Waals surface area contributed by atoms with Gasteiger partial charge in [-0.25, -0.2) is 4.98 Å². The SMILES string of the molecule is COc1c(C)cc(Br)cc1C(=O)NC(=S)Nc1ccc(I)cn1. The van der Waals surface area contributed by atoms with Gasteiger partial charge in [-0.3, -0.25) is 10.1 Å². The van der Waals surface area contributed by atoms with Crippen LogP contribution in [0.15, 0.2) is 34.9 Å². The fourth-order valence-corrected chi connectivity index (χ4v) is 3.03. The van der Waals surface area contributed by atoms with Crippen LogP contribution in [0.4, 0.5) is 5.82 Å². The average molecular weight is 506 g/mol. The predicted molar refractivity (Wildman–Crippen MR) is 106 cm³/mol. The molecule has 0 atom stereocenters. The van der Waals surface area contributed by atoms with Gasteiger partial charge in [-0.1, -0.05) is 15.9 Å². The number of ether oxygens (including phenoxy) is 1. The lowest BCUT2D eigenvalue weighted by molar-refractivity contribution is 0.0974. The van der Waals surface area contributed by atoms with E-state index in [1.54, 1.807) is 18.3 Å². The van der Waals surface area contributed by atoms with E-state index in [1.165, 1.54) is 7.11 Å². The van der Waals surface area contributed by atoms with Crippen molar-refractivity contribution in [2.75, 3.05) is 12.4 Å². The van der Waals surface area contributed by atoms with Crippen LogP contribution in [-0.4, -0.2) is 23.1 Å². The van der Waals surface area contributed by atoms with E-state index in [-0.39, 0.29) is 11.0 Å². The third-order valence-electron chi connectivity index (χ3n) is 2.88. The zero-order valence-corrected chi connectivity index (χ0v) is 16.9. The fourth-order valence-electron chi connectivity index (χ4n) is 1.94. The Morgan fingerprint density at radius 3 is 2.74 bits per heavy atom. The number of aryl methyl sites for hydroxylation is 1. The van der Waals surface area contributed by atoms with Gasteiger partial charge in [0.15, 0.2) is 5.11 Å². The van der Waals surface area contributed by atoms with E-state index in [0.29, 0.717) is 17.1 Å². The van der Waals surface area contributed by atoms with Crippen LogP contribution >= 0.6 is 50.7 Å². The summed E-state index contributed by atoms with van der Waals surface area (Å²) in [4.78, 5) is 16.6. The molecule has 1 aromatic carbocycles. The van der Waals surface area contributed by atoms with E-state index >= 15 is 0 Å². The van der Waals surface area contributed by atoms with Crippen molar-refractivity contribution in [1.82, 2.24) is 10.3 Å². The highest BCUT2D eigenvalue weighted by Crippen LogP contribution is 2.27. The summed E-state index contributed by atoms with van der Waals surface area (Å²) in [5.41, 5.74) is 1.25. The van der Waals surface area contributed by atoms with Crippen LogP contribution in [0.2, 0.25) is 0 Å². The van der Waals surface area contributed by atoms with Crippen molar-refractivity contribution < 1.29 is 9.53 Å². The van der Waals surface area contributed by atoms with Gasteiger partial charge in [0.1, 0.15) is 11.6 Å². The van der Waals surface area contributed by atoms with Crippen LogP contribution in [-0.2, 0) is 0 Å². The predicted octanol–water partition coefficient (Wildman–Crippen LogP) is 3.89. The number of hydrogen-bond acceptors (Lipinski definition) is 4. The molecule has 0 bridgehead atoms. The maximum absolute atomic E-state index is 12.4. The Balaban J connectivity index is 2.12. The van der Waals surface area contributed by atoms with Gasteiger partial charge in [0, 0.05) is 14.2 Å². The monoisotopic (exact) mass is 505 g/mol.